The van der Waals surface area contributed by atoms with E-state index >= 15 is 0 Å². The molecule has 0 bridgehead atoms. The Morgan fingerprint density at radius 2 is 2.04 bits per heavy atom. The van der Waals surface area contributed by atoms with Crippen molar-refractivity contribution in [3.8, 4) is 0 Å². The smallest absolute Gasteiger partial charge is 0.187 e. The molecule has 1 aliphatic rings. The molecule has 1 aliphatic heterocycles. The van der Waals surface area contributed by atoms with Crippen molar-refractivity contribution in [2.75, 3.05) is 39.4 Å². The zero-order valence-electron chi connectivity index (χ0n) is 13.7. The predicted octanol–water partition coefficient (Wildman–Crippen LogP) is 1.49. The molecule has 5 nitrogen and oxygen atoms in total. The molecule has 0 amide bonds. The molecule has 2 rings (SSSR count). The number of morpholine rings is 1. The van der Waals surface area contributed by atoms with Crippen LogP contribution in [0.2, 0.25) is 10.0 Å². The highest BCUT2D eigenvalue weighted by atomic mass is 35.5. The third-order valence-corrected chi connectivity index (χ3v) is 4.82. The van der Waals surface area contributed by atoms with Gasteiger partial charge in [0.05, 0.1) is 42.1 Å². The van der Waals surface area contributed by atoms with Crippen molar-refractivity contribution in [1.82, 2.24) is 10.7 Å². The number of thiocarbonyl (C=S) groups is 1. The van der Waals surface area contributed by atoms with E-state index in [4.69, 9.17) is 40.2 Å². The lowest BCUT2D eigenvalue weighted by Gasteiger charge is -2.23. The Bertz CT molecular complexity index is 591. The van der Waals surface area contributed by atoms with Gasteiger partial charge in [0.25, 0.3) is 0 Å². The third kappa shape index (κ3) is 6.18. The number of halogens is 2. The number of nitrogens with one attached hydrogen (secondary N) is 3. The van der Waals surface area contributed by atoms with Crippen LogP contribution in [0, 0.1) is 0 Å². The summed E-state index contributed by atoms with van der Waals surface area (Å²) in [5, 5.41) is 9.14. The number of benzene rings is 1. The monoisotopic (exact) mass is 389 g/mol. The van der Waals surface area contributed by atoms with Gasteiger partial charge in [0.2, 0.25) is 0 Å². The van der Waals surface area contributed by atoms with Crippen LogP contribution in [0.4, 0.5) is 0 Å². The van der Waals surface area contributed by atoms with E-state index < -0.39 is 0 Å². The van der Waals surface area contributed by atoms with Crippen molar-refractivity contribution in [1.29, 1.82) is 0 Å². The van der Waals surface area contributed by atoms with E-state index in [2.05, 4.69) is 15.8 Å². The van der Waals surface area contributed by atoms with E-state index in [-0.39, 0.29) is 0 Å². The molecule has 24 heavy (non-hydrogen) atoms. The summed E-state index contributed by atoms with van der Waals surface area (Å²) in [6.07, 6.45) is 0.755. The lowest BCUT2D eigenvalue weighted by atomic mass is 10.1. The Morgan fingerprint density at radius 3 is 2.71 bits per heavy atom. The predicted molar refractivity (Wildman–Crippen MR) is 103 cm³/mol. The molecule has 132 valence electrons. The fourth-order valence-electron chi connectivity index (χ4n) is 2.44. The van der Waals surface area contributed by atoms with Crippen LogP contribution in [0.15, 0.2) is 23.3 Å². The van der Waals surface area contributed by atoms with Crippen LogP contribution in [0.3, 0.4) is 0 Å². The summed E-state index contributed by atoms with van der Waals surface area (Å²) in [5.74, 6) is 0. The minimum absolute atomic E-state index is 0.518. The highest BCUT2D eigenvalue weighted by molar-refractivity contribution is 7.80. The quantitative estimate of drug-likeness (QED) is 0.391. The van der Waals surface area contributed by atoms with Gasteiger partial charge in [-0.05, 0) is 36.3 Å². The van der Waals surface area contributed by atoms with E-state index in [9.17, 15) is 0 Å². The van der Waals surface area contributed by atoms with Crippen molar-refractivity contribution in [3.63, 3.8) is 0 Å². The van der Waals surface area contributed by atoms with Gasteiger partial charge < -0.3 is 15.0 Å². The van der Waals surface area contributed by atoms with E-state index in [1.54, 1.807) is 6.07 Å². The van der Waals surface area contributed by atoms with Crippen molar-refractivity contribution >= 4 is 46.2 Å². The zero-order chi connectivity index (χ0) is 17.4. The molecular weight excluding hydrogens is 367 g/mol. The van der Waals surface area contributed by atoms with E-state index in [0.717, 1.165) is 57.1 Å². The number of ether oxygens (including phenoxy) is 1. The summed E-state index contributed by atoms with van der Waals surface area (Å²) in [6.45, 7) is 7.64. The van der Waals surface area contributed by atoms with Crippen LogP contribution in [0.5, 0.6) is 0 Å². The van der Waals surface area contributed by atoms with Gasteiger partial charge in [0.1, 0.15) is 13.1 Å². The van der Waals surface area contributed by atoms with Crippen LogP contribution >= 0.6 is 35.4 Å². The fraction of sp³-hybridized carbons (Fsp3) is 0.500. The molecule has 0 aromatic heterocycles. The normalized spacial score (nSPS) is 16.0. The summed E-state index contributed by atoms with van der Waals surface area (Å²) in [4.78, 5) is 1.53. The molecule has 0 atom stereocenters. The van der Waals surface area contributed by atoms with Crippen LogP contribution in [0.1, 0.15) is 18.9 Å². The number of nitrogens with zero attached hydrogens (tertiary/aromatic N) is 1. The molecule has 1 fully saturated rings. The van der Waals surface area contributed by atoms with Gasteiger partial charge in [0, 0.05) is 0 Å². The third-order valence-electron chi connectivity index (χ3n) is 3.84. The second kappa shape index (κ2) is 10.2. The molecule has 0 saturated carbocycles. The minimum Gasteiger partial charge on any atom is -0.370 e. The maximum Gasteiger partial charge on any atom is 0.187 e. The van der Waals surface area contributed by atoms with Crippen LogP contribution in [0.25, 0.3) is 0 Å². The van der Waals surface area contributed by atoms with Crippen molar-refractivity contribution in [2.45, 2.75) is 13.3 Å². The number of quaternary nitrogens is 1. The molecule has 1 heterocycles. The molecule has 0 unspecified atom stereocenters. The maximum atomic E-state index is 6.06. The second-order valence-corrected chi connectivity index (χ2v) is 6.74. The van der Waals surface area contributed by atoms with E-state index in [0.29, 0.717) is 15.2 Å². The first-order valence-corrected chi connectivity index (χ1v) is 9.23. The molecule has 8 heteroatoms. The van der Waals surface area contributed by atoms with Gasteiger partial charge in [-0.2, -0.15) is 5.10 Å². The van der Waals surface area contributed by atoms with Gasteiger partial charge in [-0.1, -0.05) is 36.2 Å². The van der Waals surface area contributed by atoms with Gasteiger partial charge >= 0.3 is 0 Å². The van der Waals surface area contributed by atoms with Crippen molar-refractivity contribution < 1.29 is 9.64 Å². The lowest BCUT2D eigenvalue weighted by molar-refractivity contribution is -0.906. The van der Waals surface area contributed by atoms with Gasteiger partial charge in [-0.25, -0.2) is 0 Å². The average molecular weight is 390 g/mol. The number of hydrogen-bond acceptors (Lipinski definition) is 3. The molecule has 0 spiro atoms. The first-order valence-electron chi connectivity index (χ1n) is 8.07. The van der Waals surface area contributed by atoms with E-state index in [1.165, 1.54) is 4.90 Å². The first-order chi connectivity index (χ1) is 11.6. The zero-order valence-corrected chi connectivity index (χ0v) is 16.0. The Kier molecular flexibility index (Phi) is 8.21. The van der Waals surface area contributed by atoms with Gasteiger partial charge in [0.15, 0.2) is 5.11 Å². The number of hydrazone groups is 1. The Morgan fingerprint density at radius 1 is 1.29 bits per heavy atom. The summed E-state index contributed by atoms with van der Waals surface area (Å²) in [6, 6.07) is 5.48. The number of rotatable bonds is 6. The summed E-state index contributed by atoms with van der Waals surface area (Å²) >= 11 is 17.3. The SMILES string of the molecule is CC/C(=N/NC(=S)NCC[NH+]1CCOCC1)c1ccc(Cl)c(Cl)c1. The summed E-state index contributed by atoms with van der Waals surface area (Å²) < 4.78 is 5.35. The highest BCUT2D eigenvalue weighted by Gasteiger charge is 2.12. The highest BCUT2D eigenvalue weighted by Crippen LogP contribution is 2.23. The van der Waals surface area contributed by atoms with Crippen molar-refractivity contribution in [2.24, 2.45) is 5.10 Å². The van der Waals surface area contributed by atoms with Gasteiger partial charge in [-0.15, -0.1) is 0 Å². The number of hydrogen-bond donors (Lipinski definition) is 3. The first kappa shape index (κ1) is 19.4. The molecule has 0 radical (unpaired) electrons. The molecular formula is C16H23Cl2N4OS+. The lowest BCUT2D eigenvalue weighted by Crippen LogP contribution is -3.14. The molecule has 1 aromatic carbocycles. The Labute approximate surface area is 158 Å². The summed E-state index contributed by atoms with van der Waals surface area (Å²) in [7, 11) is 0. The maximum absolute atomic E-state index is 6.06. The summed E-state index contributed by atoms with van der Waals surface area (Å²) in [5.41, 5.74) is 4.70. The standard InChI is InChI=1S/C16H22Cl2N4OS/c1-2-15(12-3-4-13(17)14(18)11-12)20-21-16(24)19-5-6-22-7-9-23-10-8-22/h3-4,11H,2,5-10H2,1H3,(H2,19,21,24)/p+1/b20-15-. The van der Waals surface area contributed by atoms with E-state index in [1.807, 2.05) is 19.1 Å². The van der Waals surface area contributed by atoms with Crippen LogP contribution in [-0.4, -0.2) is 50.2 Å². The molecule has 1 aromatic rings. The van der Waals surface area contributed by atoms with Gasteiger partial charge in [-0.3, -0.25) is 5.43 Å². The topological polar surface area (TPSA) is 50.1 Å². The second-order valence-electron chi connectivity index (χ2n) is 5.52. The average Bonchev–Trinajstić information content (AvgIpc) is 2.59. The molecule has 1 saturated heterocycles. The molecule has 3 N–H and O–H groups in total. The van der Waals surface area contributed by atoms with Crippen molar-refractivity contribution in [3.05, 3.63) is 33.8 Å². The van der Waals surface area contributed by atoms with Crippen LogP contribution in [-0.2, 0) is 4.74 Å². The van der Waals surface area contributed by atoms with Crippen LogP contribution < -0.4 is 15.6 Å². The Balaban J connectivity index is 1.80. The molecule has 0 aliphatic carbocycles. The largest absolute Gasteiger partial charge is 0.370 e. The Hall–Kier alpha value is -0.920. The fourth-order valence-corrected chi connectivity index (χ4v) is 2.89. The minimum atomic E-state index is 0.518.